The van der Waals surface area contributed by atoms with Crippen LogP contribution in [0.15, 0.2) is 42.5 Å². The van der Waals surface area contributed by atoms with Crippen LogP contribution in [0, 0.1) is 0 Å². The molecule has 2 saturated heterocycles. The van der Waals surface area contributed by atoms with Gasteiger partial charge in [0.2, 0.25) is 23.6 Å². The monoisotopic (exact) mass is 522 g/mol. The van der Waals surface area contributed by atoms with Gasteiger partial charge in [-0.05, 0) is 61.8 Å². The van der Waals surface area contributed by atoms with Crippen LogP contribution in [0.5, 0.6) is 0 Å². The third-order valence-corrected chi connectivity index (χ3v) is 7.89. The maximum atomic E-state index is 13.9. The van der Waals surface area contributed by atoms with Crippen LogP contribution in [-0.2, 0) is 25.6 Å². The van der Waals surface area contributed by atoms with Gasteiger partial charge in [0.25, 0.3) is 0 Å². The molecule has 2 aromatic carbocycles. The van der Waals surface area contributed by atoms with Gasteiger partial charge in [0.15, 0.2) is 0 Å². The molecule has 1 unspecified atom stereocenters. The van der Waals surface area contributed by atoms with Crippen LogP contribution < -0.4 is 16.0 Å². The van der Waals surface area contributed by atoms with E-state index < -0.39 is 35.5 Å². The number of nitrogens with one attached hydrogen (secondary N) is 3. The number of carbonyl (C=O) groups excluding carboxylic acids is 4. The van der Waals surface area contributed by atoms with E-state index in [0.717, 1.165) is 16.3 Å². The van der Waals surface area contributed by atoms with E-state index in [2.05, 4.69) is 16.0 Å². The first kappa shape index (κ1) is 27.6. The van der Waals surface area contributed by atoms with Crippen LogP contribution in [-0.4, -0.2) is 70.5 Å². The molecule has 2 heterocycles. The van der Waals surface area contributed by atoms with Crippen LogP contribution in [0.2, 0.25) is 0 Å². The molecule has 9 nitrogen and oxygen atoms in total. The predicted molar refractivity (Wildman–Crippen MR) is 144 cm³/mol. The highest BCUT2D eigenvalue weighted by Crippen LogP contribution is 2.24. The smallest absolute Gasteiger partial charge is 0.246 e. The Bertz CT molecular complexity index is 1200. The lowest BCUT2D eigenvalue weighted by molar-refractivity contribution is -0.144. The lowest BCUT2D eigenvalue weighted by Gasteiger charge is -2.36. The quantitative estimate of drug-likeness (QED) is 0.413. The molecule has 2 aliphatic heterocycles. The Morgan fingerprint density at radius 2 is 1.74 bits per heavy atom. The minimum atomic E-state index is -1.28. The maximum absolute atomic E-state index is 13.9. The number of benzene rings is 2. The molecule has 0 bridgehead atoms. The molecule has 4 atom stereocenters. The van der Waals surface area contributed by atoms with Crippen molar-refractivity contribution in [1.82, 2.24) is 20.9 Å². The minimum Gasteiger partial charge on any atom is -0.396 e. The van der Waals surface area contributed by atoms with Crippen molar-refractivity contribution in [3.63, 3.8) is 0 Å². The average Bonchev–Trinajstić information content (AvgIpc) is 3.41. The molecule has 0 radical (unpaired) electrons. The van der Waals surface area contributed by atoms with Crippen molar-refractivity contribution in [2.45, 2.75) is 82.5 Å². The molecule has 0 aliphatic carbocycles. The number of rotatable bonds is 7. The number of hydrogen-bond acceptors (Lipinski definition) is 5. The van der Waals surface area contributed by atoms with Gasteiger partial charge >= 0.3 is 0 Å². The van der Waals surface area contributed by atoms with Crippen LogP contribution in [0.4, 0.5) is 0 Å². The summed E-state index contributed by atoms with van der Waals surface area (Å²) >= 11 is 0. The molecule has 0 saturated carbocycles. The van der Waals surface area contributed by atoms with Crippen molar-refractivity contribution in [1.29, 1.82) is 0 Å². The summed E-state index contributed by atoms with van der Waals surface area (Å²) in [7, 11) is 0. The third kappa shape index (κ3) is 5.83. The molecule has 4 amide bonds. The zero-order chi connectivity index (χ0) is 27.3. The topological polar surface area (TPSA) is 128 Å². The molecule has 4 rings (SSSR count). The molecule has 2 aliphatic rings. The van der Waals surface area contributed by atoms with Crippen molar-refractivity contribution in [2.75, 3.05) is 13.2 Å². The van der Waals surface area contributed by atoms with Crippen LogP contribution >= 0.6 is 0 Å². The molecule has 2 fully saturated rings. The number of hydrogen-bond donors (Lipinski definition) is 4. The number of fused-ring (bicyclic) bond motifs is 2. The van der Waals surface area contributed by atoms with E-state index >= 15 is 0 Å². The van der Waals surface area contributed by atoms with Crippen molar-refractivity contribution < 1.29 is 24.3 Å². The second kappa shape index (κ2) is 11.9. The van der Waals surface area contributed by atoms with Gasteiger partial charge in [-0.2, -0.15) is 0 Å². The van der Waals surface area contributed by atoms with Crippen LogP contribution in [0.25, 0.3) is 10.8 Å². The zero-order valence-electron chi connectivity index (χ0n) is 22.2. The number of nitrogens with zero attached hydrogens (tertiary/aromatic N) is 1. The van der Waals surface area contributed by atoms with E-state index in [-0.39, 0.29) is 24.8 Å². The van der Waals surface area contributed by atoms with Gasteiger partial charge in [-0.1, -0.05) is 49.4 Å². The first-order chi connectivity index (χ1) is 18.3. The number of unbranched alkanes of at least 4 members (excludes halogenated alkanes) is 1. The summed E-state index contributed by atoms with van der Waals surface area (Å²) in [5.74, 6) is -1.55. The summed E-state index contributed by atoms with van der Waals surface area (Å²) in [5, 5.41) is 19.8. The molecule has 4 N–H and O–H groups in total. The van der Waals surface area contributed by atoms with E-state index in [1.54, 1.807) is 18.7 Å². The normalized spacial score (nSPS) is 26.7. The number of aliphatic hydroxyl groups is 1. The lowest BCUT2D eigenvalue weighted by Crippen LogP contribution is -2.65. The van der Waals surface area contributed by atoms with Crippen molar-refractivity contribution >= 4 is 34.4 Å². The summed E-state index contributed by atoms with van der Waals surface area (Å²) in [5.41, 5.74) is -0.363. The Balaban J connectivity index is 1.69. The SMILES string of the molecule is CC[C@]1(C)NC(=O)[C@H](CCCCO)NC(=O)[C@H]2CCCN2C(=O)C(Cc2cccc3ccccc23)NC1=O. The maximum Gasteiger partial charge on any atom is 0.246 e. The van der Waals surface area contributed by atoms with Gasteiger partial charge in [-0.3, -0.25) is 19.2 Å². The Hall–Kier alpha value is -3.46. The van der Waals surface area contributed by atoms with E-state index in [0.29, 0.717) is 45.1 Å². The molecule has 0 aromatic heterocycles. The molecule has 9 heteroatoms. The average molecular weight is 523 g/mol. The lowest BCUT2D eigenvalue weighted by atomic mass is 9.93. The second-order valence-corrected chi connectivity index (χ2v) is 10.5. The van der Waals surface area contributed by atoms with Gasteiger partial charge in [-0.15, -0.1) is 0 Å². The molecule has 0 spiro atoms. The number of carbonyl (C=O) groups is 4. The van der Waals surface area contributed by atoms with E-state index in [1.165, 1.54) is 0 Å². The Morgan fingerprint density at radius 3 is 2.50 bits per heavy atom. The Labute approximate surface area is 223 Å². The molecule has 2 aromatic rings. The van der Waals surface area contributed by atoms with Crippen molar-refractivity contribution in [3.8, 4) is 0 Å². The largest absolute Gasteiger partial charge is 0.396 e. The Kier molecular flexibility index (Phi) is 8.66. The van der Waals surface area contributed by atoms with Gasteiger partial charge < -0.3 is 26.0 Å². The Morgan fingerprint density at radius 1 is 0.974 bits per heavy atom. The van der Waals surface area contributed by atoms with Crippen LogP contribution in [0.3, 0.4) is 0 Å². The first-order valence-corrected chi connectivity index (χ1v) is 13.6. The van der Waals surface area contributed by atoms with Crippen molar-refractivity contribution in [3.05, 3.63) is 48.0 Å². The third-order valence-electron chi connectivity index (χ3n) is 7.89. The summed E-state index contributed by atoms with van der Waals surface area (Å²) in [4.78, 5) is 55.8. The van der Waals surface area contributed by atoms with Gasteiger partial charge in [0, 0.05) is 19.6 Å². The molecule has 204 valence electrons. The standard InChI is InChI=1S/C29H38N4O5/c1-3-29(2)28(38)31-23(18-20-12-8-11-19-10-4-5-13-21(19)20)27(37)33-16-9-15-24(33)26(36)30-22(25(35)32-29)14-6-7-17-34/h4-5,8,10-13,22-24,34H,3,6-7,9,14-18H2,1-2H3,(H,30,36)(H,31,38)(H,32,35)/t22-,23?,24+,29-/m0/s1. The summed E-state index contributed by atoms with van der Waals surface area (Å²) in [6.45, 7) is 3.82. The van der Waals surface area contributed by atoms with Crippen LogP contribution in [0.1, 0.15) is 57.9 Å². The molecule has 38 heavy (non-hydrogen) atoms. The highest BCUT2D eigenvalue weighted by atomic mass is 16.3. The fourth-order valence-electron chi connectivity index (χ4n) is 5.37. The van der Waals surface area contributed by atoms with Crippen molar-refractivity contribution in [2.24, 2.45) is 0 Å². The fourth-order valence-corrected chi connectivity index (χ4v) is 5.37. The van der Waals surface area contributed by atoms with E-state index in [1.807, 2.05) is 42.5 Å². The minimum absolute atomic E-state index is 0.0135. The van der Waals surface area contributed by atoms with E-state index in [9.17, 15) is 24.3 Å². The van der Waals surface area contributed by atoms with E-state index in [4.69, 9.17) is 0 Å². The number of amides is 4. The fraction of sp³-hybridized carbons (Fsp3) is 0.517. The van der Waals surface area contributed by atoms with Gasteiger partial charge in [0.1, 0.15) is 23.7 Å². The highest BCUT2D eigenvalue weighted by molar-refractivity contribution is 5.99. The molecular formula is C29H38N4O5. The summed E-state index contributed by atoms with van der Waals surface area (Å²) in [6.07, 6.45) is 3.05. The van der Waals surface area contributed by atoms with Gasteiger partial charge in [0.05, 0.1) is 0 Å². The van der Waals surface area contributed by atoms with Gasteiger partial charge in [-0.25, -0.2) is 0 Å². The number of aliphatic hydroxyl groups excluding tert-OH is 1. The zero-order valence-corrected chi connectivity index (χ0v) is 22.2. The predicted octanol–water partition coefficient (Wildman–Crippen LogP) is 1.80. The highest BCUT2D eigenvalue weighted by Gasteiger charge is 2.43. The molecular weight excluding hydrogens is 484 g/mol. The second-order valence-electron chi connectivity index (χ2n) is 10.5. The summed E-state index contributed by atoms with van der Waals surface area (Å²) in [6, 6.07) is 11.3. The first-order valence-electron chi connectivity index (χ1n) is 13.6. The summed E-state index contributed by atoms with van der Waals surface area (Å²) < 4.78 is 0.